The van der Waals surface area contributed by atoms with E-state index in [9.17, 15) is 13.2 Å². The Morgan fingerprint density at radius 2 is 2.11 bits per heavy atom. The summed E-state index contributed by atoms with van der Waals surface area (Å²) in [5.41, 5.74) is 0.690. The summed E-state index contributed by atoms with van der Waals surface area (Å²) in [6, 6.07) is 6.26. The summed E-state index contributed by atoms with van der Waals surface area (Å²) in [5.74, 6) is 0. The molecule has 1 aromatic carbocycles. The van der Waals surface area contributed by atoms with Gasteiger partial charge in [0.15, 0.2) is 0 Å². The molecule has 0 aliphatic heterocycles. The highest BCUT2D eigenvalue weighted by Crippen LogP contribution is 2.17. The Morgan fingerprint density at radius 1 is 1.37 bits per heavy atom. The maximum absolute atomic E-state index is 11.5. The SMILES string of the molecule is NS(=O)(=O)c1cccc(CNC(=O)NC2CCC2)c1. The van der Waals surface area contributed by atoms with Crippen LogP contribution in [0.5, 0.6) is 0 Å². The molecule has 1 aliphatic rings. The molecule has 2 rings (SSSR count). The molecule has 0 bridgehead atoms. The third-order valence-electron chi connectivity index (χ3n) is 3.12. The fourth-order valence-electron chi connectivity index (χ4n) is 1.80. The average molecular weight is 283 g/mol. The third-order valence-corrected chi connectivity index (χ3v) is 4.03. The minimum absolute atomic E-state index is 0.0474. The van der Waals surface area contributed by atoms with E-state index in [1.807, 2.05) is 0 Å². The van der Waals surface area contributed by atoms with Gasteiger partial charge in [-0.15, -0.1) is 0 Å². The first-order chi connectivity index (χ1) is 8.95. The molecular formula is C12H17N3O3S. The molecule has 19 heavy (non-hydrogen) atoms. The number of sulfonamides is 1. The lowest BCUT2D eigenvalue weighted by Gasteiger charge is -2.26. The molecule has 0 aromatic heterocycles. The van der Waals surface area contributed by atoms with Crippen molar-refractivity contribution in [3.05, 3.63) is 29.8 Å². The van der Waals surface area contributed by atoms with Gasteiger partial charge in [-0.25, -0.2) is 18.4 Å². The second-order valence-electron chi connectivity index (χ2n) is 4.65. The van der Waals surface area contributed by atoms with Gasteiger partial charge in [-0.2, -0.15) is 0 Å². The number of urea groups is 1. The summed E-state index contributed by atoms with van der Waals surface area (Å²) >= 11 is 0. The lowest BCUT2D eigenvalue weighted by molar-refractivity contribution is 0.228. The molecule has 0 spiro atoms. The Labute approximate surface area is 112 Å². The molecule has 2 amide bonds. The van der Waals surface area contributed by atoms with Crippen LogP contribution in [-0.2, 0) is 16.6 Å². The first-order valence-electron chi connectivity index (χ1n) is 6.11. The van der Waals surface area contributed by atoms with Crippen LogP contribution < -0.4 is 15.8 Å². The quantitative estimate of drug-likeness (QED) is 0.757. The van der Waals surface area contributed by atoms with Crippen LogP contribution >= 0.6 is 0 Å². The first-order valence-corrected chi connectivity index (χ1v) is 7.66. The minimum Gasteiger partial charge on any atom is -0.335 e. The summed E-state index contributed by atoms with van der Waals surface area (Å²) in [7, 11) is -3.71. The van der Waals surface area contributed by atoms with E-state index in [1.165, 1.54) is 12.1 Å². The van der Waals surface area contributed by atoms with Crippen LogP contribution in [0.2, 0.25) is 0 Å². The van der Waals surface area contributed by atoms with Gasteiger partial charge in [-0.05, 0) is 37.0 Å². The highest BCUT2D eigenvalue weighted by atomic mass is 32.2. The van der Waals surface area contributed by atoms with E-state index in [0.29, 0.717) is 5.56 Å². The van der Waals surface area contributed by atoms with Gasteiger partial charge in [0.1, 0.15) is 0 Å². The number of nitrogens with two attached hydrogens (primary N) is 1. The largest absolute Gasteiger partial charge is 0.335 e. The van der Waals surface area contributed by atoms with E-state index < -0.39 is 10.0 Å². The second kappa shape index (κ2) is 5.58. The van der Waals surface area contributed by atoms with Gasteiger partial charge < -0.3 is 10.6 Å². The van der Waals surface area contributed by atoms with Crippen molar-refractivity contribution in [3.63, 3.8) is 0 Å². The zero-order valence-electron chi connectivity index (χ0n) is 10.4. The van der Waals surface area contributed by atoms with Crippen molar-refractivity contribution in [2.45, 2.75) is 36.7 Å². The average Bonchev–Trinajstić information content (AvgIpc) is 2.31. The molecule has 1 saturated carbocycles. The van der Waals surface area contributed by atoms with E-state index >= 15 is 0 Å². The van der Waals surface area contributed by atoms with Crippen LogP contribution in [0.4, 0.5) is 4.79 Å². The third kappa shape index (κ3) is 3.93. The number of primary sulfonamides is 1. The monoisotopic (exact) mass is 283 g/mol. The maximum atomic E-state index is 11.5. The lowest BCUT2D eigenvalue weighted by Crippen LogP contribution is -2.44. The number of benzene rings is 1. The normalized spacial score (nSPS) is 15.6. The zero-order chi connectivity index (χ0) is 13.9. The van der Waals surface area contributed by atoms with Crippen molar-refractivity contribution in [1.29, 1.82) is 0 Å². The number of amides is 2. The van der Waals surface area contributed by atoms with Crippen LogP contribution in [0.25, 0.3) is 0 Å². The summed E-state index contributed by atoms with van der Waals surface area (Å²) in [5, 5.41) is 10.6. The van der Waals surface area contributed by atoms with Crippen molar-refractivity contribution in [2.75, 3.05) is 0 Å². The van der Waals surface area contributed by atoms with Gasteiger partial charge in [-0.3, -0.25) is 0 Å². The summed E-state index contributed by atoms with van der Waals surface area (Å²) in [4.78, 5) is 11.6. The fourth-order valence-corrected chi connectivity index (χ4v) is 2.39. The first kappa shape index (κ1) is 13.8. The van der Waals surface area contributed by atoms with Gasteiger partial charge in [0, 0.05) is 12.6 Å². The van der Waals surface area contributed by atoms with E-state index in [4.69, 9.17) is 5.14 Å². The lowest BCUT2D eigenvalue weighted by atomic mass is 9.93. The molecule has 0 radical (unpaired) electrons. The molecule has 1 fully saturated rings. The van der Waals surface area contributed by atoms with Crippen molar-refractivity contribution >= 4 is 16.1 Å². The molecule has 0 heterocycles. The highest BCUT2D eigenvalue weighted by Gasteiger charge is 2.19. The van der Waals surface area contributed by atoms with E-state index in [0.717, 1.165) is 19.3 Å². The number of nitrogens with one attached hydrogen (secondary N) is 2. The van der Waals surface area contributed by atoms with Crippen LogP contribution in [0.1, 0.15) is 24.8 Å². The molecule has 0 unspecified atom stereocenters. The van der Waals surface area contributed by atoms with Crippen LogP contribution in [0.3, 0.4) is 0 Å². The molecule has 0 atom stereocenters. The molecule has 1 aromatic rings. The number of carbonyl (C=O) groups is 1. The van der Waals surface area contributed by atoms with E-state index in [-0.39, 0.29) is 23.5 Å². The summed E-state index contributed by atoms with van der Waals surface area (Å²) in [6.45, 7) is 0.266. The fraction of sp³-hybridized carbons (Fsp3) is 0.417. The molecule has 1 aliphatic carbocycles. The Hall–Kier alpha value is -1.60. The van der Waals surface area contributed by atoms with Gasteiger partial charge >= 0.3 is 6.03 Å². The maximum Gasteiger partial charge on any atom is 0.315 e. The zero-order valence-corrected chi connectivity index (χ0v) is 11.2. The van der Waals surface area contributed by atoms with Crippen LogP contribution in [0.15, 0.2) is 29.2 Å². The van der Waals surface area contributed by atoms with Crippen molar-refractivity contribution < 1.29 is 13.2 Å². The number of rotatable bonds is 4. The number of hydrogen-bond donors (Lipinski definition) is 3. The van der Waals surface area contributed by atoms with Crippen LogP contribution in [-0.4, -0.2) is 20.5 Å². The summed E-state index contributed by atoms with van der Waals surface area (Å²) < 4.78 is 22.4. The Balaban J connectivity index is 1.90. The summed E-state index contributed by atoms with van der Waals surface area (Å²) in [6.07, 6.45) is 3.20. The predicted molar refractivity (Wildman–Crippen MR) is 70.8 cm³/mol. The Bertz CT molecular complexity index is 567. The molecule has 7 heteroatoms. The Kier molecular flexibility index (Phi) is 4.06. The highest BCUT2D eigenvalue weighted by molar-refractivity contribution is 7.89. The van der Waals surface area contributed by atoms with Gasteiger partial charge in [0.2, 0.25) is 10.0 Å². The second-order valence-corrected chi connectivity index (χ2v) is 6.21. The Morgan fingerprint density at radius 3 is 2.68 bits per heavy atom. The molecular weight excluding hydrogens is 266 g/mol. The topological polar surface area (TPSA) is 101 Å². The van der Waals surface area contributed by atoms with Gasteiger partial charge in [0.05, 0.1) is 4.90 Å². The smallest absolute Gasteiger partial charge is 0.315 e. The molecule has 4 N–H and O–H groups in total. The molecule has 104 valence electrons. The van der Waals surface area contributed by atoms with E-state index in [1.54, 1.807) is 12.1 Å². The number of carbonyl (C=O) groups excluding carboxylic acids is 1. The predicted octanol–water partition coefficient (Wildman–Crippen LogP) is 0.686. The van der Waals surface area contributed by atoms with Crippen molar-refractivity contribution in [1.82, 2.24) is 10.6 Å². The van der Waals surface area contributed by atoms with E-state index in [2.05, 4.69) is 10.6 Å². The van der Waals surface area contributed by atoms with Crippen LogP contribution in [0, 0.1) is 0 Å². The van der Waals surface area contributed by atoms with Crippen molar-refractivity contribution in [2.24, 2.45) is 5.14 Å². The number of hydrogen-bond acceptors (Lipinski definition) is 3. The minimum atomic E-state index is -3.71. The standard InChI is InChI=1S/C12H17N3O3S/c13-19(17,18)11-6-1-3-9(7-11)8-14-12(16)15-10-4-2-5-10/h1,3,6-7,10H,2,4-5,8H2,(H2,13,17,18)(H2,14,15,16). The van der Waals surface area contributed by atoms with Gasteiger partial charge in [-0.1, -0.05) is 12.1 Å². The van der Waals surface area contributed by atoms with Crippen molar-refractivity contribution in [3.8, 4) is 0 Å². The van der Waals surface area contributed by atoms with Gasteiger partial charge in [0.25, 0.3) is 0 Å². The molecule has 6 nitrogen and oxygen atoms in total. The molecule has 0 saturated heterocycles.